The third kappa shape index (κ3) is 5.91. The summed E-state index contributed by atoms with van der Waals surface area (Å²) in [6, 6.07) is 3.02. The number of hydrogen-bond donors (Lipinski definition) is 2. The Morgan fingerprint density at radius 3 is 2.30 bits per heavy atom. The average molecular weight is 441 g/mol. The smallest absolute Gasteiger partial charge is 0.293 e. The van der Waals surface area contributed by atoms with E-state index in [1.54, 1.807) is 6.92 Å². The number of carbonyl (C=O) groups excluding carboxylic acids is 1. The summed E-state index contributed by atoms with van der Waals surface area (Å²) in [5.74, 6) is 0.132. The number of sulfonamides is 1. The van der Waals surface area contributed by atoms with Gasteiger partial charge in [-0.05, 0) is 58.1 Å². The van der Waals surface area contributed by atoms with Gasteiger partial charge in [-0.2, -0.15) is 4.31 Å². The van der Waals surface area contributed by atoms with Gasteiger partial charge in [-0.3, -0.25) is 14.9 Å². The van der Waals surface area contributed by atoms with E-state index >= 15 is 0 Å². The van der Waals surface area contributed by atoms with Gasteiger partial charge in [0.15, 0.2) is 0 Å². The second-order valence-electron chi connectivity index (χ2n) is 9.31. The van der Waals surface area contributed by atoms with Crippen molar-refractivity contribution >= 4 is 27.3 Å². The lowest BCUT2D eigenvalue weighted by atomic mass is 9.94. The number of piperidine rings is 1. The molecule has 10 heteroatoms. The van der Waals surface area contributed by atoms with Crippen LogP contribution < -0.4 is 10.6 Å². The maximum absolute atomic E-state index is 13.1. The molecule has 1 aliphatic heterocycles. The van der Waals surface area contributed by atoms with Gasteiger partial charge in [-0.25, -0.2) is 8.42 Å². The number of carbonyl (C=O) groups is 1. The molecule has 1 amide bonds. The first kappa shape index (κ1) is 24.1. The molecule has 3 unspecified atom stereocenters. The number of nitrogens with zero attached hydrogens (tertiary/aromatic N) is 2. The third-order valence-electron chi connectivity index (χ3n) is 4.90. The van der Waals surface area contributed by atoms with Gasteiger partial charge in [-0.1, -0.05) is 13.8 Å². The number of nitro benzene ring substituents is 1. The van der Waals surface area contributed by atoms with Crippen LogP contribution >= 0.6 is 0 Å². The first-order chi connectivity index (χ1) is 13.7. The van der Waals surface area contributed by atoms with Crippen LogP contribution in [0.4, 0.5) is 11.4 Å². The Labute approximate surface area is 178 Å². The fourth-order valence-electron chi connectivity index (χ4n) is 3.67. The number of nitrogens with one attached hydrogen (secondary N) is 2. The van der Waals surface area contributed by atoms with Crippen molar-refractivity contribution in [2.75, 3.05) is 18.4 Å². The van der Waals surface area contributed by atoms with E-state index < -0.39 is 26.5 Å². The van der Waals surface area contributed by atoms with E-state index in [1.807, 2.05) is 34.6 Å². The van der Waals surface area contributed by atoms with E-state index in [9.17, 15) is 23.3 Å². The fourth-order valence-corrected chi connectivity index (χ4v) is 5.37. The summed E-state index contributed by atoms with van der Waals surface area (Å²) >= 11 is 0. The van der Waals surface area contributed by atoms with Crippen LogP contribution in [0, 0.1) is 22.0 Å². The Morgan fingerprint density at radius 1 is 1.23 bits per heavy atom. The number of rotatable bonds is 6. The van der Waals surface area contributed by atoms with E-state index in [0.29, 0.717) is 13.1 Å². The lowest BCUT2D eigenvalue weighted by Crippen LogP contribution is -2.47. The average Bonchev–Trinajstić information content (AvgIpc) is 2.59. The van der Waals surface area contributed by atoms with E-state index in [2.05, 4.69) is 10.6 Å². The molecule has 1 aromatic rings. The van der Waals surface area contributed by atoms with E-state index in [0.717, 1.165) is 12.5 Å². The van der Waals surface area contributed by atoms with E-state index in [4.69, 9.17) is 0 Å². The number of hydrogen-bond acceptors (Lipinski definition) is 6. The molecule has 9 nitrogen and oxygen atoms in total. The quantitative estimate of drug-likeness (QED) is 0.518. The van der Waals surface area contributed by atoms with Gasteiger partial charge in [-0.15, -0.1) is 0 Å². The highest BCUT2D eigenvalue weighted by Gasteiger charge is 2.33. The molecule has 168 valence electrons. The summed E-state index contributed by atoms with van der Waals surface area (Å²) in [5, 5.41) is 17.2. The van der Waals surface area contributed by atoms with Crippen molar-refractivity contribution in [3.8, 4) is 0 Å². The number of amides is 1. The minimum atomic E-state index is -3.85. The zero-order valence-corrected chi connectivity index (χ0v) is 19.2. The van der Waals surface area contributed by atoms with Gasteiger partial charge in [0.25, 0.3) is 5.69 Å². The Kier molecular flexibility index (Phi) is 7.13. The molecular formula is C20H32N4O5S. The zero-order valence-electron chi connectivity index (χ0n) is 18.4. The normalized spacial score (nSPS) is 21.7. The molecule has 0 saturated carbocycles. The Hall–Kier alpha value is -2.20. The molecule has 3 atom stereocenters. The van der Waals surface area contributed by atoms with Crippen molar-refractivity contribution < 1.29 is 18.1 Å². The molecule has 2 rings (SSSR count). The molecular weight excluding hydrogens is 408 g/mol. The molecule has 0 aromatic heterocycles. The summed E-state index contributed by atoms with van der Waals surface area (Å²) in [7, 11) is -3.85. The highest BCUT2D eigenvalue weighted by molar-refractivity contribution is 7.89. The van der Waals surface area contributed by atoms with Crippen molar-refractivity contribution in [1.29, 1.82) is 0 Å². The van der Waals surface area contributed by atoms with Gasteiger partial charge in [0.1, 0.15) is 11.7 Å². The van der Waals surface area contributed by atoms with Crippen LogP contribution in [-0.2, 0) is 14.8 Å². The standard InChI is InChI=1S/C20H32N4O5S/c1-13-9-14(2)12-23(11-13)30(28,29)16-7-8-17(18(10-16)24(26)27)21-15(3)19(25)22-20(4,5)6/h7-8,10,13-15,21H,9,11-12H2,1-6H3,(H,22,25). The summed E-state index contributed by atoms with van der Waals surface area (Å²) in [6.07, 6.45) is 0.948. The van der Waals surface area contributed by atoms with Crippen LogP contribution in [0.1, 0.15) is 48.0 Å². The van der Waals surface area contributed by atoms with Crippen LogP contribution in [-0.4, -0.2) is 48.2 Å². The molecule has 0 aliphatic carbocycles. The highest BCUT2D eigenvalue weighted by atomic mass is 32.2. The SMILES string of the molecule is CC1CC(C)CN(S(=O)(=O)c2ccc(NC(C)C(=O)NC(C)(C)C)c([N+](=O)[O-])c2)C1. The molecule has 1 saturated heterocycles. The van der Waals surface area contributed by atoms with Gasteiger partial charge in [0.05, 0.1) is 9.82 Å². The zero-order chi connectivity index (χ0) is 22.9. The number of nitro groups is 1. The highest BCUT2D eigenvalue weighted by Crippen LogP contribution is 2.32. The molecule has 1 aromatic carbocycles. The predicted octanol–water partition coefficient (Wildman–Crippen LogP) is 2.98. The molecule has 1 fully saturated rings. The topological polar surface area (TPSA) is 122 Å². The molecule has 2 N–H and O–H groups in total. The summed E-state index contributed by atoms with van der Waals surface area (Å²) in [6.45, 7) is 11.9. The largest absolute Gasteiger partial charge is 0.368 e. The monoisotopic (exact) mass is 440 g/mol. The van der Waals surface area contributed by atoms with Crippen LogP contribution in [0.15, 0.2) is 23.1 Å². The van der Waals surface area contributed by atoms with Crippen molar-refractivity contribution in [2.24, 2.45) is 11.8 Å². The molecule has 30 heavy (non-hydrogen) atoms. The molecule has 1 aliphatic rings. The lowest BCUT2D eigenvalue weighted by molar-refractivity contribution is -0.384. The van der Waals surface area contributed by atoms with Crippen LogP contribution in [0.5, 0.6) is 0 Å². The summed E-state index contributed by atoms with van der Waals surface area (Å²) in [4.78, 5) is 23.2. The van der Waals surface area contributed by atoms with Crippen LogP contribution in [0.25, 0.3) is 0 Å². The number of benzene rings is 1. The molecule has 0 radical (unpaired) electrons. The maximum atomic E-state index is 13.1. The van der Waals surface area contributed by atoms with E-state index in [1.165, 1.54) is 16.4 Å². The second-order valence-corrected chi connectivity index (χ2v) is 11.2. The van der Waals surface area contributed by atoms with Gasteiger partial charge < -0.3 is 10.6 Å². The predicted molar refractivity (Wildman–Crippen MR) is 116 cm³/mol. The van der Waals surface area contributed by atoms with Gasteiger partial charge in [0.2, 0.25) is 15.9 Å². The maximum Gasteiger partial charge on any atom is 0.293 e. The molecule has 0 bridgehead atoms. The van der Waals surface area contributed by atoms with Crippen molar-refractivity contribution in [1.82, 2.24) is 9.62 Å². The molecule has 0 spiro atoms. The third-order valence-corrected chi connectivity index (χ3v) is 6.73. The van der Waals surface area contributed by atoms with Crippen molar-refractivity contribution in [2.45, 2.75) is 64.4 Å². The van der Waals surface area contributed by atoms with Crippen LogP contribution in [0.2, 0.25) is 0 Å². The summed E-state index contributed by atoms with van der Waals surface area (Å²) < 4.78 is 27.5. The Balaban J connectivity index is 2.31. The van der Waals surface area contributed by atoms with Gasteiger partial charge >= 0.3 is 0 Å². The number of anilines is 1. The Bertz CT molecular complexity index is 900. The summed E-state index contributed by atoms with van der Waals surface area (Å²) in [5.41, 5.74) is -0.736. The first-order valence-corrected chi connectivity index (χ1v) is 11.5. The first-order valence-electron chi connectivity index (χ1n) is 10.1. The Morgan fingerprint density at radius 2 is 1.80 bits per heavy atom. The lowest BCUT2D eigenvalue weighted by Gasteiger charge is -2.34. The minimum absolute atomic E-state index is 0.0934. The second kappa shape index (κ2) is 8.89. The molecule has 1 heterocycles. The van der Waals surface area contributed by atoms with Crippen LogP contribution in [0.3, 0.4) is 0 Å². The van der Waals surface area contributed by atoms with Gasteiger partial charge in [0, 0.05) is 24.7 Å². The fraction of sp³-hybridized carbons (Fsp3) is 0.650. The minimum Gasteiger partial charge on any atom is -0.368 e. The van der Waals surface area contributed by atoms with Crippen molar-refractivity contribution in [3.05, 3.63) is 28.3 Å². The van der Waals surface area contributed by atoms with E-state index in [-0.39, 0.29) is 34.0 Å². The van der Waals surface area contributed by atoms with Crippen molar-refractivity contribution in [3.63, 3.8) is 0 Å².